The number of rotatable bonds is 9. The molecule has 0 aliphatic carbocycles. The molecule has 0 unspecified atom stereocenters. The Balaban J connectivity index is 1.63. The lowest BCUT2D eigenvalue weighted by atomic mass is 9.98. The van der Waals surface area contributed by atoms with E-state index in [1.165, 1.54) is 12.1 Å². The number of hydrazine groups is 1. The number of halogens is 1. The van der Waals surface area contributed by atoms with Gasteiger partial charge in [-0.15, -0.1) is 0 Å². The van der Waals surface area contributed by atoms with Gasteiger partial charge in [0.25, 0.3) is 0 Å². The molecule has 0 spiro atoms. The van der Waals surface area contributed by atoms with Gasteiger partial charge in [-0.1, -0.05) is 75.6 Å². The molecule has 4 amide bonds. The molecule has 2 aliphatic heterocycles. The average molecular weight is 510 g/mol. The summed E-state index contributed by atoms with van der Waals surface area (Å²) in [5, 5.41) is 6.24. The van der Waals surface area contributed by atoms with Crippen LogP contribution in [0.5, 0.6) is 0 Å². The number of unbranched alkanes of at least 4 members (excludes halogenated alkanes) is 3. The summed E-state index contributed by atoms with van der Waals surface area (Å²) in [5.41, 5.74) is 1.50. The number of nitrogens with zero attached hydrogens (tertiary/aromatic N) is 4. The van der Waals surface area contributed by atoms with Gasteiger partial charge in [-0.25, -0.2) is 19.2 Å². The first-order valence-electron chi connectivity index (χ1n) is 13.2. The van der Waals surface area contributed by atoms with E-state index >= 15 is 0 Å². The van der Waals surface area contributed by atoms with Crippen LogP contribution in [0, 0.1) is 5.82 Å². The van der Waals surface area contributed by atoms with Gasteiger partial charge in [0.1, 0.15) is 18.0 Å². The number of amides is 4. The highest BCUT2D eigenvalue weighted by Gasteiger charge is 2.51. The van der Waals surface area contributed by atoms with Crippen molar-refractivity contribution in [1.82, 2.24) is 25.1 Å². The quantitative estimate of drug-likeness (QED) is 0.520. The maximum Gasteiger partial charge on any atom is 0.334 e. The number of benzene rings is 2. The molecule has 2 fully saturated rings. The maximum atomic E-state index is 13.7. The molecule has 0 radical (unpaired) electrons. The molecule has 2 aromatic rings. The summed E-state index contributed by atoms with van der Waals surface area (Å²) in [4.78, 5) is 44.1. The van der Waals surface area contributed by atoms with Gasteiger partial charge in [-0.3, -0.25) is 9.59 Å². The molecule has 198 valence electrons. The minimum atomic E-state index is -0.787. The smallest absolute Gasteiger partial charge is 0.334 e. The Bertz CT molecular complexity index is 1080. The van der Waals surface area contributed by atoms with E-state index in [9.17, 15) is 18.8 Å². The van der Waals surface area contributed by atoms with Gasteiger partial charge in [0, 0.05) is 19.6 Å². The Morgan fingerprint density at radius 3 is 2.41 bits per heavy atom. The van der Waals surface area contributed by atoms with Crippen LogP contribution in [0.3, 0.4) is 0 Å². The van der Waals surface area contributed by atoms with Crippen molar-refractivity contribution < 1.29 is 18.8 Å². The van der Waals surface area contributed by atoms with Crippen LogP contribution in [-0.2, 0) is 16.1 Å². The second kappa shape index (κ2) is 12.2. The van der Waals surface area contributed by atoms with Gasteiger partial charge >= 0.3 is 6.03 Å². The lowest BCUT2D eigenvalue weighted by molar-refractivity contribution is -0.190. The predicted octanol–water partition coefficient (Wildman–Crippen LogP) is 3.91. The van der Waals surface area contributed by atoms with Crippen molar-refractivity contribution in [3.05, 3.63) is 71.5 Å². The third-order valence-electron chi connectivity index (χ3n) is 7.05. The van der Waals surface area contributed by atoms with E-state index in [4.69, 9.17) is 0 Å². The molecule has 4 rings (SSSR count). The van der Waals surface area contributed by atoms with E-state index in [-0.39, 0.29) is 43.3 Å². The van der Waals surface area contributed by atoms with Crippen molar-refractivity contribution in [3.8, 4) is 0 Å². The first-order chi connectivity index (χ1) is 17.9. The van der Waals surface area contributed by atoms with Crippen LogP contribution in [0.15, 0.2) is 54.6 Å². The van der Waals surface area contributed by atoms with Crippen LogP contribution >= 0.6 is 0 Å². The van der Waals surface area contributed by atoms with Gasteiger partial charge < -0.3 is 15.1 Å². The number of carbonyl (C=O) groups is 3. The van der Waals surface area contributed by atoms with Crippen molar-refractivity contribution in [2.24, 2.45) is 0 Å². The SMILES string of the molecule is CCCCCCN1C[C@H]2N(C(=O)CN(CC)N2C(=O)NCc2ccc(F)cc2)[C@@H](c2ccccc2)C1=O. The first kappa shape index (κ1) is 26.6. The normalized spacial score (nSPS) is 20.2. The number of fused-ring (bicyclic) bond motifs is 1. The molecule has 1 N–H and O–H groups in total. The van der Waals surface area contributed by atoms with Crippen molar-refractivity contribution in [2.75, 3.05) is 26.2 Å². The van der Waals surface area contributed by atoms with E-state index in [0.29, 0.717) is 13.1 Å². The zero-order valence-electron chi connectivity index (χ0n) is 21.6. The Morgan fingerprint density at radius 1 is 1.00 bits per heavy atom. The molecule has 2 aromatic carbocycles. The highest BCUT2D eigenvalue weighted by atomic mass is 19.1. The Hall–Kier alpha value is -3.46. The molecule has 0 aromatic heterocycles. The van der Waals surface area contributed by atoms with E-state index in [2.05, 4.69) is 12.2 Å². The van der Waals surface area contributed by atoms with Crippen molar-refractivity contribution in [1.29, 1.82) is 0 Å². The molecule has 2 aliphatic rings. The van der Waals surface area contributed by atoms with E-state index in [0.717, 1.165) is 36.8 Å². The predicted molar refractivity (Wildman–Crippen MR) is 138 cm³/mol. The molecule has 37 heavy (non-hydrogen) atoms. The van der Waals surface area contributed by atoms with Crippen LogP contribution in [-0.4, -0.2) is 70.0 Å². The summed E-state index contributed by atoms with van der Waals surface area (Å²) in [6.45, 7) is 5.55. The molecular weight excluding hydrogens is 473 g/mol. The van der Waals surface area contributed by atoms with Crippen LogP contribution in [0.25, 0.3) is 0 Å². The van der Waals surface area contributed by atoms with Gasteiger partial charge in [0.15, 0.2) is 0 Å². The van der Waals surface area contributed by atoms with Crippen LogP contribution < -0.4 is 5.32 Å². The number of hydrogen-bond donors (Lipinski definition) is 1. The fourth-order valence-corrected chi connectivity index (χ4v) is 5.11. The van der Waals surface area contributed by atoms with E-state index in [1.807, 2.05) is 37.3 Å². The van der Waals surface area contributed by atoms with Crippen molar-refractivity contribution >= 4 is 17.8 Å². The third-order valence-corrected chi connectivity index (χ3v) is 7.05. The zero-order chi connectivity index (χ0) is 26.4. The lowest BCUT2D eigenvalue weighted by Crippen LogP contribution is -2.74. The minimum absolute atomic E-state index is 0.00405. The molecular formula is C28H36FN5O3. The van der Waals surface area contributed by atoms with Crippen molar-refractivity contribution in [3.63, 3.8) is 0 Å². The summed E-state index contributed by atoms with van der Waals surface area (Å²) >= 11 is 0. The molecule has 2 saturated heterocycles. The van der Waals surface area contributed by atoms with E-state index in [1.54, 1.807) is 32.0 Å². The number of urea groups is 1. The Kier molecular flexibility index (Phi) is 8.76. The highest BCUT2D eigenvalue weighted by Crippen LogP contribution is 2.34. The minimum Gasteiger partial charge on any atom is -0.337 e. The summed E-state index contributed by atoms with van der Waals surface area (Å²) in [6, 6.07) is 14.1. The van der Waals surface area contributed by atoms with Crippen LogP contribution in [0.2, 0.25) is 0 Å². The van der Waals surface area contributed by atoms with Gasteiger partial charge in [-0.2, -0.15) is 0 Å². The molecule has 0 saturated carbocycles. The molecule has 2 heterocycles. The van der Waals surface area contributed by atoms with Gasteiger partial charge in [0.05, 0.1) is 13.1 Å². The molecule has 0 bridgehead atoms. The fraction of sp³-hybridized carbons (Fsp3) is 0.464. The molecule has 9 heteroatoms. The standard InChI is InChI=1S/C28H36FN5O3/c1-3-5-6-10-17-31-19-24-33(26(27(31)36)22-11-8-7-9-12-22)25(35)20-32(4-2)34(24)28(37)30-18-21-13-15-23(29)16-14-21/h7-9,11-16,24,26H,3-6,10,17-20H2,1-2H3,(H,30,37)/t24-,26-/m0/s1. The molecule has 8 nitrogen and oxygen atoms in total. The summed E-state index contributed by atoms with van der Waals surface area (Å²) in [7, 11) is 0. The Labute approximate surface area is 218 Å². The fourth-order valence-electron chi connectivity index (χ4n) is 5.11. The number of likely N-dealkylation sites (N-methyl/N-ethyl adjacent to an activating group) is 1. The second-order valence-corrected chi connectivity index (χ2v) is 9.55. The van der Waals surface area contributed by atoms with E-state index < -0.39 is 12.2 Å². The maximum absolute atomic E-state index is 13.7. The number of piperazine rings is 1. The largest absolute Gasteiger partial charge is 0.337 e. The number of hydrogen-bond acceptors (Lipinski definition) is 4. The average Bonchev–Trinajstić information content (AvgIpc) is 2.91. The number of carbonyl (C=O) groups excluding carboxylic acids is 3. The lowest BCUT2D eigenvalue weighted by Gasteiger charge is -2.55. The van der Waals surface area contributed by atoms with Gasteiger partial charge in [0.2, 0.25) is 11.8 Å². The highest BCUT2D eigenvalue weighted by molar-refractivity contribution is 5.92. The Morgan fingerprint density at radius 2 is 1.73 bits per heavy atom. The monoisotopic (exact) mass is 509 g/mol. The van der Waals surface area contributed by atoms with Crippen molar-refractivity contribution in [2.45, 2.75) is 58.3 Å². The second-order valence-electron chi connectivity index (χ2n) is 9.55. The van der Waals surface area contributed by atoms with Crippen LogP contribution in [0.1, 0.15) is 56.7 Å². The topological polar surface area (TPSA) is 76.2 Å². The first-order valence-corrected chi connectivity index (χ1v) is 13.2. The number of nitrogens with one attached hydrogen (secondary N) is 1. The summed E-state index contributed by atoms with van der Waals surface area (Å²) < 4.78 is 13.3. The summed E-state index contributed by atoms with van der Waals surface area (Å²) in [6.07, 6.45) is 3.45. The molecule has 2 atom stereocenters. The third kappa shape index (κ3) is 5.93. The van der Waals surface area contributed by atoms with Crippen LogP contribution in [0.4, 0.5) is 9.18 Å². The van der Waals surface area contributed by atoms with Gasteiger partial charge in [-0.05, 0) is 29.7 Å². The zero-order valence-corrected chi connectivity index (χ0v) is 21.6. The summed E-state index contributed by atoms with van der Waals surface area (Å²) in [5.74, 6) is -0.624.